The number of carbonyl (C=O) groups excluding carboxylic acids is 1. The molecule has 6 heteroatoms. The van der Waals surface area contributed by atoms with E-state index >= 15 is 0 Å². The third-order valence-corrected chi connectivity index (χ3v) is 4.30. The zero-order valence-electron chi connectivity index (χ0n) is 13.4. The van der Waals surface area contributed by atoms with Gasteiger partial charge in [-0.25, -0.2) is 9.59 Å². The number of hydrogen-bond donors (Lipinski definition) is 3. The van der Waals surface area contributed by atoms with Crippen LogP contribution in [0.25, 0.3) is 0 Å². The zero-order valence-corrected chi connectivity index (χ0v) is 13.4. The molecule has 3 N–H and O–H groups in total. The Balaban J connectivity index is 2.45. The van der Waals surface area contributed by atoms with Crippen LogP contribution in [0.2, 0.25) is 0 Å². The highest BCUT2D eigenvalue weighted by Crippen LogP contribution is 2.42. The number of rotatable bonds is 8. The van der Waals surface area contributed by atoms with Gasteiger partial charge in [0.05, 0.1) is 6.10 Å². The number of amides is 2. The summed E-state index contributed by atoms with van der Waals surface area (Å²) in [6, 6.07) is -1.22. The summed E-state index contributed by atoms with van der Waals surface area (Å²) in [7, 11) is 0. The second-order valence-electron chi connectivity index (χ2n) is 6.20. The van der Waals surface area contributed by atoms with E-state index in [0.717, 1.165) is 19.3 Å². The Bertz CT molecular complexity index is 371. The van der Waals surface area contributed by atoms with E-state index in [2.05, 4.69) is 10.6 Å². The van der Waals surface area contributed by atoms with E-state index in [-0.39, 0.29) is 17.6 Å². The number of aliphatic carboxylic acids is 1. The average molecular weight is 300 g/mol. The normalized spacial score (nSPS) is 24.8. The van der Waals surface area contributed by atoms with Crippen LogP contribution in [-0.2, 0) is 9.53 Å². The second kappa shape index (κ2) is 7.64. The van der Waals surface area contributed by atoms with E-state index < -0.39 is 18.0 Å². The van der Waals surface area contributed by atoms with E-state index in [1.165, 1.54) is 0 Å². The van der Waals surface area contributed by atoms with Crippen LogP contribution in [0.4, 0.5) is 4.79 Å². The van der Waals surface area contributed by atoms with Crippen molar-refractivity contribution in [2.45, 2.75) is 71.6 Å². The van der Waals surface area contributed by atoms with E-state index in [0.29, 0.717) is 13.0 Å². The highest BCUT2D eigenvalue weighted by atomic mass is 16.5. The summed E-state index contributed by atoms with van der Waals surface area (Å²) in [5.74, 6) is -0.987. The molecule has 1 aliphatic carbocycles. The molecule has 3 atom stereocenters. The Labute approximate surface area is 126 Å². The lowest BCUT2D eigenvalue weighted by Crippen LogP contribution is -2.64. The van der Waals surface area contributed by atoms with E-state index in [4.69, 9.17) is 9.84 Å². The number of carboxylic acid groups (broad SMARTS) is 1. The quantitative estimate of drug-likeness (QED) is 0.641. The summed E-state index contributed by atoms with van der Waals surface area (Å²) in [5.41, 5.74) is -0.129. The largest absolute Gasteiger partial charge is 0.480 e. The van der Waals surface area contributed by atoms with Crippen LogP contribution in [0.3, 0.4) is 0 Å². The molecular formula is C15H28N2O4. The molecule has 3 unspecified atom stereocenters. The molecule has 1 rings (SSSR count). The SMILES string of the molecule is CCCCC(NC(=O)NC1CC(OCC)C1(C)C)C(=O)O. The lowest BCUT2D eigenvalue weighted by Gasteiger charge is -2.51. The highest BCUT2D eigenvalue weighted by molar-refractivity contribution is 5.82. The number of nitrogens with one attached hydrogen (secondary N) is 2. The highest BCUT2D eigenvalue weighted by Gasteiger charge is 2.49. The van der Waals surface area contributed by atoms with Crippen molar-refractivity contribution in [3.05, 3.63) is 0 Å². The molecule has 0 aromatic rings. The predicted octanol–water partition coefficient (Wildman–Crippen LogP) is 2.13. The third-order valence-electron chi connectivity index (χ3n) is 4.30. The van der Waals surface area contributed by atoms with Crippen molar-refractivity contribution in [1.29, 1.82) is 0 Å². The van der Waals surface area contributed by atoms with Crippen LogP contribution in [0, 0.1) is 5.41 Å². The van der Waals surface area contributed by atoms with Gasteiger partial charge in [-0.1, -0.05) is 33.6 Å². The van der Waals surface area contributed by atoms with Gasteiger partial charge in [-0.2, -0.15) is 0 Å². The Morgan fingerprint density at radius 3 is 2.52 bits per heavy atom. The maximum atomic E-state index is 12.0. The van der Waals surface area contributed by atoms with Crippen molar-refractivity contribution in [3.8, 4) is 0 Å². The molecule has 0 bridgehead atoms. The molecule has 1 saturated carbocycles. The number of carboxylic acids is 1. The van der Waals surface area contributed by atoms with Crippen LogP contribution >= 0.6 is 0 Å². The molecule has 2 amide bonds. The molecule has 1 aliphatic rings. The number of urea groups is 1. The molecule has 0 saturated heterocycles. The molecule has 0 radical (unpaired) electrons. The van der Waals surface area contributed by atoms with E-state index in [1.54, 1.807) is 0 Å². The Hall–Kier alpha value is -1.30. The Kier molecular flexibility index (Phi) is 6.45. The van der Waals surface area contributed by atoms with Crippen molar-refractivity contribution in [3.63, 3.8) is 0 Å². The van der Waals surface area contributed by atoms with Crippen molar-refractivity contribution in [2.75, 3.05) is 6.61 Å². The van der Waals surface area contributed by atoms with Gasteiger partial charge in [0.2, 0.25) is 0 Å². The smallest absolute Gasteiger partial charge is 0.326 e. The van der Waals surface area contributed by atoms with Gasteiger partial charge < -0.3 is 20.5 Å². The van der Waals surface area contributed by atoms with E-state index in [1.807, 2.05) is 27.7 Å². The monoisotopic (exact) mass is 300 g/mol. The van der Waals surface area contributed by atoms with Crippen LogP contribution in [-0.4, -0.2) is 41.9 Å². The first-order valence-corrected chi connectivity index (χ1v) is 7.74. The average Bonchev–Trinajstić information content (AvgIpc) is 2.42. The van der Waals surface area contributed by atoms with Crippen molar-refractivity contribution >= 4 is 12.0 Å². The number of hydrogen-bond acceptors (Lipinski definition) is 3. The van der Waals surface area contributed by atoms with Gasteiger partial charge in [0.25, 0.3) is 0 Å². The minimum absolute atomic E-state index is 0.00895. The molecule has 21 heavy (non-hydrogen) atoms. The summed E-state index contributed by atoms with van der Waals surface area (Å²) in [4.78, 5) is 23.1. The summed E-state index contributed by atoms with van der Waals surface area (Å²) < 4.78 is 5.61. The van der Waals surface area contributed by atoms with Crippen LogP contribution in [0.5, 0.6) is 0 Å². The Morgan fingerprint density at radius 1 is 1.38 bits per heavy atom. The van der Waals surface area contributed by atoms with Gasteiger partial charge in [0.1, 0.15) is 6.04 Å². The summed E-state index contributed by atoms with van der Waals surface area (Å²) >= 11 is 0. The van der Waals surface area contributed by atoms with Gasteiger partial charge in [0, 0.05) is 18.1 Å². The fraction of sp³-hybridized carbons (Fsp3) is 0.867. The summed E-state index contributed by atoms with van der Waals surface area (Å²) in [6.45, 7) is 8.70. The molecule has 0 spiro atoms. The lowest BCUT2D eigenvalue weighted by atomic mass is 9.64. The van der Waals surface area contributed by atoms with Gasteiger partial charge in [0.15, 0.2) is 0 Å². The van der Waals surface area contributed by atoms with Crippen LogP contribution in [0.15, 0.2) is 0 Å². The number of carbonyl (C=O) groups is 2. The molecule has 0 aromatic carbocycles. The van der Waals surface area contributed by atoms with Crippen LogP contribution < -0.4 is 10.6 Å². The first-order chi connectivity index (χ1) is 9.82. The molecular weight excluding hydrogens is 272 g/mol. The number of unbranched alkanes of at least 4 members (excludes halogenated alkanes) is 1. The minimum Gasteiger partial charge on any atom is -0.480 e. The lowest BCUT2D eigenvalue weighted by molar-refractivity contribution is -0.139. The summed E-state index contributed by atoms with van der Waals surface area (Å²) in [5, 5.41) is 14.5. The van der Waals surface area contributed by atoms with Crippen molar-refractivity contribution in [2.24, 2.45) is 5.41 Å². The first kappa shape index (κ1) is 17.8. The topological polar surface area (TPSA) is 87.7 Å². The molecule has 0 aliphatic heterocycles. The number of ether oxygens (including phenoxy) is 1. The molecule has 1 fully saturated rings. The van der Waals surface area contributed by atoms with Crippen molar-refractivity contribution in [1.82, 2.24) is 10.6 Å². The summed E-state index contributed by atoms with van der Waals surface area (Å²) in [6.07, 6.45) is 3.04. The standard InChI is InChI=1S/C15H28N2O4/c1-5-7-8-10(13(18)19)16-14(20)17-11-9-12(21-6-2)15(11,3)4/h10-12H,5-9H2,1-4H3,(H,18,19)(H2,16,17,20). The van der Waals surface area contributed by atoms with E-state index in [9.17, 15) is 9.59 Å². The van der Waals surface area contributed by atoms with Gasteiger partial charge in [-0.15, -0.1) is 0 Å². The maximum Gasteiger partial charge on any atom is 0.326 e. The maximum absolute atomic E-state index is 12.0. The van der Waals surface area contributed by atoms with Crippen molar-refractivity contribution < 1.29 is 19.4 Å². The molecule has 6 nitrogen and oxygen atoms in total. The molecule has 122 valence electrons. The Morgan fingerprint density at radius 2 is 2.05 bits per heavy atom. The molecule has 0 aromatic heterocycles. The fourth-order valence-electron chi connectivity index (χ4n) is 2.64. The van der Waals surface area contributed by atoms with Gasteiger partial charge >= 0.3 is 12.0 Å². The minimum atomic E-state index is -0.987. The van der Waals surface area contributed by atoms with Gasteiger partial charge in [-0.05, 0) is 19.8 Å². The fourth-order valence-corrected chi connectivity index (χ4v) is 2.64. The zero-order chi connectivity index (χ0) is 16.0. The third kappa shape index (κ3) is 4.59. The van der Waals surface area contributed by atoms with Gasteiger partial charge in [-0.3, -0.25) is 0 Å². The van der Waals surface area contributed by atoms with Crippen LogP contribution in [0.1, 0.15) is 53.4 Å². The molecule has 0 heterocycles. The first-order valence-electron chi connectivity index (χ1n) is 7.74. The predicted molar refractivity (Wildman–Crippen MR) is 80.2 cm³/mol. The second-order valence-corrected chi connectivity index (χ2v) is 6.20.